The maximum Gasteiger partial charge on any atom is 0.573 e. The van der Waals surface area contributed by atoms with Gasteiger partial charge in [0, 0.05) is 37.8 Å². The molecule has 246 valence electrons. The lowest BCUT2D eigenvalue weighted by Crippen LogP contribution is -2.63. The Morgan fingerprint density at radius 2 is 1.74 bits per heavy atom. The number of amides is 1. The number of carbonyl (C=O) groups excluding carboxylic acids is 3. The summed E-state index contributed by atoms with van der Waals surface area (Å²) in [4.78, 5) is 43.0. The second-order valence-electron chi connectivity index (χ2n) is 12.0. The zero-order chi connectivity index (χ0) is 34.0. The molecule has 0 saturated heterocycles. The number of nitrogens with one attached hydrogen (secondary N) is 1. The topological polar surface area (TPSA) is 186 Å². The van der Waals surface area contributed by atoms with Gasteiger partial charge in [0.1, 0.15) is 28.6 Å². The van der Waals surface area contributed by atoms with E-state index in [4.69, 9.17) is 5.73 Å². The zero-order valence-electron chi connectivity index (χ0n) is 25.3. The molecule has 0 heterocycles. The lowest BCUT2D eigenvalue weighted by molar-refractivity contribution is -0.274. The zero-order valence-corrected chi connectivity index (χ0v) is 25.3. The van der Waals surface area contributed by atoms with E-state index in [1.54, 1.807) is 39.2 Å². The first-order valence-corrected chi connectivity index (χ1v) is 14.2. The predicted octanol–water partition coefficient (Wildman–Crippen LogP) is 2.70. The number of allylic oxidation sites excluding steroid dienone is 1. The molecule has 0 radical (unpaired) electrons. The van der Waals surface area contributed by atoms with E-state index in [-0.39, 0.29) is 36.2 Å². The van der Waals surface area contributed by atoms with Crippen LogP contribution in [0.15, 0.2) is 53.0 Å². The van der Waals surface area contributed by atoms with E-state index >= 15 is 0 Å². The monoisotopic (exact) mass is 646 g/mol. The molecule has 2 aromatic carbocycles. The highest BCUT2D eigenvalue weighted by molar-refractivity contribution is 6.25. The van der Waals surface area contributed by atoms with Gasteiger partial charge >= 0.3 is 6.36 Å². The number of ether oxygens (including phenoxy) is 1. The number of fused-ring (bicyclic) bond motifs is 3. The van der Waals surface area contributed by atoms with Crippen molar-refractivity contribution in [1.82, 2.24) is 4.90 Å². The van der Waals surface area contributed by atoms with E-state index < -0.39 is 75.9 Å². The van der Waals surface area contributed by atoms with Gasteiger partial charge < -0.3 is 41.1 Å². The number of hydrogen-bond acceptors (Lipinski definition) is 11. The number of anilines is 2. The number of likely N-dealkylation sites (N-methyl/N-ethyl adjacent to an activating group) is 1. The molecule has 0 aromatic heterocycles. The van der Waals surface area contributed by atoms with Crippen LogP contribution in [0.1, 0.15) is 27.9 Å². The lowest BCUT2D eigenvalue weighted by atomic mass is 9.58. The number of phenols is 1. The van der Waals surface area contributed by atoms with E-state index in [1.165, 1.54) is 17.0 Å². The van der Waals surface area contributed by atoms with E-state index in [2.05, 4.69) is 10.1 Å². The third-order valence-corrected chi connectivity index (χ3v) is 8.82. The van der Waals surface area contributed by atoms with Gasteiger partial charge in [-0.15, -0.1) is 13.2 Å². The fourth-order valence-electron chi connectivity index (χ4n) is 6.84. The van der Waals surface area contributed by atoms with E-state index in [9.17, 15) is 48.0 Å². The first-order valence-electron chi connectivity index (χ1n) is 14.2. The van der Waals surface area contributed by atoms with Crippen LogP contribution in [-0.4, -0.2) is 89.0 Å². The first kappa shape index (κ1) is 32.6. The molecule has 15 heteroatoms. The van der Waals surface area contributed by atoms with E-state index in [0.717, 1.165) is 12.1 Å². The van der Waals surface area contributed by atoms with E-state index in [0.29, 0.717) is 16.8 Å². The minimum atomic E-state index is -4.84. The standard InChI is InChI=1S/C31H33F3N4O8/c1-37(2)19-11-18(36-12-13-5-7-15(8-6-13)46-31(32,33)34)24(39)21-16(19)9-14-10-17-23(38(3)4)26(41)22(29(35)44)28(43)30(17,45)27(42)20(14)25(21)40/h5-8,11,14,17,23,36,39,41-42,45H,9-10,12H2,1-4H3,(H2,35,44). The highest BCUT2D eigenvalue weighted by Gasteiger charge is 2.63. The lowest BCUT2D eigenvalue weighted by Gasteiger charge is -2.50. The number of carbonyl (C=O) groups is 3. The van der Waals surface area contributed by atoms with Crippen molar-refractivity contribution in [3.63, 3.8) is 0 Å². The molecule has 5 rings (SSSR count). The van der Waals surface area contributed by atoms with Gasteiger partial charge in [-0.1, -0.05) is 12.1 Å². The van der Waals surface area contributed by atoms with Gasteiger partial charge in [-0.05, 0) is 62.2 Å². The van der Waals surface area contributed by atoms with Gasteiger partial charge in [0.25, 0.3) is 5.91 Å². The maximum atomic E-state index is 14.1. The number of aliphatic hydroxyl groups is 3. The van der Waals surface area contributed by atoms with Crippen LogP contribution in [0.25, 0.3) is 0 Å². The van der Waals surface area contributed by atoms with Crippen LogP contribution < -0.4 is 20.7 Å². The van der Waals surface area contributed by atoms with Crippen molar-refractivity contribution in [3.8, 4) is 11.5 Å². The molecule has 4 atom stereocenters. The number of ketones is 2. The quantitative estimate of drug-likeness (QED) is 0.192. The largest absolute Gasteiger partial charge is 0.573 e. The Hall–Kier alpha value is -4.76. The Labute approximate surface area is 261 Å². The number of rotatable bonds is 7. The van der Waals surface area contributed by atoms with Gasteiger partial charge in [0.2, 0.25) is 5.78 Å². The van der Waals surface area contributed by atoms with Gasteiger partial charge in [-0.2, -0.15) is 0 Å². The fraction of sp³-hybridized carbons (Fsp3) is 0.387. The highest BCUT2D eigenvalue weighted by atomic mass is 19.4. The fourth-order valence-corrected chi connectivity index (χ4v) is 6.84. The van der Waals surface area contributed by atoms with Crippen LogP contribution in [0, 0.1) is 11.8 Å². The number of phenolic OH excluding ortho intramolecular Hbond substituents is 1. The Morgan fingerprint density at radius 1 is 1.11 bits per heavy atom. The number of nitrogens with two attached hydrogens (primary N) is 1. The van der Waals surface area contributed by atoms with Crippen molar-refractivity contribution in [1.29, 1.82) is 0 Å². The number of primary amides is 1. The number of Topliss-reactive ketones (excluding diaryl/α,β-unsaturated/α-hetero) is 2. The molecule has 3 aliphatic carbocycles. The van der Waals surface area contributed by atoms with Gasteiger partial charge in [-0.25, -0.2) is 0 Å². The molecule has 4 unspecified atom stereocenters. The van der Waals surface area contributed by atoms with Crippen molar-refractivity contribution < 1.29 is 52.7 Å². The average Bonchev–Trinajstić information content (AvgIpc) is 2.94. The Balaban J connectivity index is 1.56. The minimum absolute atomic E-state index is 0.0316. The Kier molecular flexibility index (Phi) is 7.97. The average molecular weight is 647 g/mol. The second kappa shape index (κ2) is 11.2. The molecule has 0 fully saturated rings. The number of hydrogen-bond donors (Lipinski definition) is 6. The van der Waals surface area contributed by atoms with Crippen LogP contribution in [0.3, 0.4) is 0 Å². The van der Waals surface area contributed by atoms with Crippen molar-refractivity contribution in [3.05, 3.63) is 69.7 Å². The van der Waals surface area contributed by atoms with Crippen molar-refractivity contribution in [2.24, 2.45) is 17.6 Å². The number of halogens is 3. The third-order valence-electron chi connectivity index (χ3n) is 8.82. The van der Waals surface area contributed by atoms with Gasteiger partial charge in [-0.3, -0.25) is 19.3 Å². The normalized spacial score (nSPS) is 24.4. The Morgan fingerprint density at radius 3 is 2.28 bits per heavy atom. The summed E-state index contributed by atoms with van der Waals surface area (Å²) in [5.74, 6) is -7.89. The summed E-state index contributed by atoms with van der Waals surface area (Å²) < 4.78 is 41.4. The van der Waals surface area contributed by atoms with Crippen molar-refractivity contribution in [2.45, 2.75) is 37.4 Å². The Bertz CT molecular complexity index is 1700. The molecule has 1 amide bonds. The van der Waals surface area contributed by atoms with Gasteiger partial charge in [0.05, 0.1) is 17.3 Å². The smallest absolute Gasteiger partial charge is 0.510 e. The maximum absolute atomic E-state index is 14.1. The molecule has 0 bridgehead atoms. The summed E-state index contributed by atoms with van der Waals surface area (Å²) in [6.45, 7) is 0.0316. The summed E-state index contributed by atoms with van der Waals surface area (Å²) in [6.07, 6.45) is -4.79. The number of aliphatic hydroxyl groups excluding tert-OH is 2. The highest BCUT2D eigenvalue weighted by Crippen LogP contribution is 2.54. The molecule has 2 aromatic rings. The van der Waals surface area contributed by atoms with Crippen molar-refractivity contribution >= 4 is 28.8 Å². The number of aromatic hydroxyl groups is 1. The van der Waals surface area contributed by atoms with Crippen LogP contribution >= 0.6 is 0 Å². The summed E-state index contributed by atoms with van der Waals surface area (Å²) in [5.41, 5.74) is 2.86. The number of alkyl halides is 3. The van der Waals surface area contributed by atoms with Crippen LogP contribution in [0.4, 0.5) is 24.5 Å². The molecular weight excluding hydrogens is 613 g/mol. The molecule has 46 heavy (non-hydrogen) atoms. The van der Waals surface area contributed by atoms with Crippen LogP contribution in [0.5, 0.6) is 11.5 Å². The van der Waals surface area contributed by atoms with Gasteiger partial charge in [0.15, 0.2) is 11.4 Å². The summed E-state index contributed by atoms with van der Waals surface area (Å²) >= 11 is 0. The number of benzene rings is 2. The second-order valence-corrected chi connectivity index (χ2v) is 12.0. The van der Waals surface area contributed by atoms with Crippen molar-refractivity contribution in [2.75, 3.05) is 38.4 Å². The molecule has 3 aliphatic rings. The van der Waals surface area contributed by atoms with Crippen LogP contribution in [-0.2, 0) is 22.6 Å². The van der Waals surface area contributed by atoms with E-state index in [1.807, 2.05) is 0 Å². The molecule has 0 aliphatic heterocycles. The SMILES string of the molecule is CN(C)c1cc(NCc2ccc(OC(F)(F)F)cc2)c(O)c2c1CC1CC3C(N(C)C)C(O)=C(C(N)=O)C(=O)C3(O)C(O)=C1C2=O. The number of nitrogens with zero attached hydrogens (tertiary/aromatic N) is 2. The predicted molar refractivity (Wildman–Crippen MR) is 158 cm³/mol. The minimum Gasteiger partial charge on any atom is -0.510 e. The first-order chi connectivity index (χ1) is 21.4. The molecule has 0 saturated carbocycles. The summed E-state index contributed by atoms with van der Waals surface area (Å²) in [6, 6.07) is 5.55. The summed E-state index contributed by atoms with van der Waals surface area (Å²) in [5, 5.41) is 48.6. The van der Waals surface area contributed by atoms with Crippen LogP contribution in [0.2, 0.25) is 0 Å². The molecule has 12 nitrogen and oxygen atoms in total. The summed E-state index contributed by atoms with van der Waals surface area (Å²) in [7, 11) is 6.54. The molecule has 0 spiro atoms. The molecular formula is C31H33F3N4O8. The molecule has 7 N–H and O–H groups in total. The third kappa shape index (κ3) is 5.18.